The number of carbonyl (C=O) groups is 2. The fraction of sp³-hybridized carbons (Fsp3) is 0.0968. The maximum absolute atomic E-state index is 13.9. The molecule has 1 unspecified atom stereocenters. The van der Waals surface area contributed by atoms with Gasteiger partial charge in [0.2, 0.25) is 5.91 Å². The summed E-state index contributed by atoms with van der Waals surface area (Å²) in [6.07, 6.45) is 4.34. The van der Waals surface area contributed by atoms with Gasteiger partial charge >= 0.3 is 0 Å². The topological polar surface area (TPSA) is 72.0 Å². The number of hydrogen-bond donors (Lipinski definition) is 1. The number of rotatable bonds is 6. The van der Waals surface area contributed by atoms with Crippen LogP contribution in [0.3, 0.4) is 0 Å². The lowest BCUT2D eigenvalue weighted by Crippen LogP contribution is -2.40. The molecule has 0 aliphatic heterocycles. The average Bonchev–Trinajstić information content (AvgIpc) is 3.52. The Hall–Kier alpha value is -4.42. The molecule has 0 fully saturated rings. The molecule has 1 amide bonds. The third-order valence-corrected chi connectivity index (χ3v) is 7.70. The zero-order valence-electron chi connectivity index (χ0n) is 19.9. The molecule has 5 aromatic rings. The number of aromatic nitrogens is 2. The van der Waals surface area contributed by atoms with Crippen molar-refractivity contribution in [1.82, 2.24) is 9.97 Å². The summed E-state index contributed by atoms with van der Waals surface area (Å²) in [6.45, 7) is 0. The molecule has 0 saturated carbocycles. The highest BCUT2D eigenvalue weighted by molar-refractivity contribution is 7.13. The van der Waals surface area contributed by atoms with Crippen molar-refractivity contribution >= 4 is 28.2 Å². The largest absolute Gasteiger partial charge is 0.301 e. The van der Waals surface area contributed by atoms with Gasteiger partial charge in [0.1, 0.15) is 5.41 Å². The highest BCUT2D eigenvalue weighted by Crippen LogP contribution is 2.45. The molecule has 37 heavy (non-hydrogen) atoms. The number of amides is 1. The Morgan fingerprint density at radius 1 is 0.865 bits per heavy atom. The lowest BCUT2D eigenvalue weighted by Gasteiger charge is -2.28. The van der Waals surface area contributed by atoms with Gasteiger partial charge in [-0.15, -0.1) is 11.3 Å². The Bertz CT molecular complexity index is 1580. The molecular weight excluding hydrogens is 478 g/mol. The summed E-state index contributed by atoms with van der Waals surface area (Å²) < 4.78 is 0. The van der Waals surface area contributed by atoms with Crippen LogP contribution in [0.1, 0.15) is 39.2 Å². The Morgan fingerprint density at radius 2 is 1.57 bits per heavy atom. The normalized spacial score (nSPS) is 16.4. The smallest absolute Gasteiger partial charge is 0.241 e. The number of anilines is 1. The first kappa shape index (κ1) is 23.0. The standard InChI is InChI=1S/C31H23N3O2S/c35-28-19-31(24-6-2-1-3-7-24,27-9-5-4-8-26(27)28)29(36)34-30-33-25(20-37-30)18-21-10-12-22(13-11-21)23-14-16-32-17-15-23/h1-17,20H,18-19H2,(H,33,34,36). The van der Waals surface area contributed by atoms with E-state index >= 15 is 0 Å². The fourth-order valence-corrected chi connectivity index (χ4v) is 5.77. The number of carbonyl (C=O) groups excluding carboxylic acids is 2. The Kier molecular flexibility index (Phi) is 5.94. The molecule has 2 aromatic heterocycles. The molecule has 1 aliphatic rings. The van der Waals surface area contributed by atoms with E-state index in [4.69, 9.17) is 4.98 Å². The van der Waals surface area contributed by atoms with Gasteiger partial charge in [0.25, 0.3) is 0 Å². The van der Waals surface area contributed by atoms with Crippen LogP contribution in [0.2, 0.25) is 0 Å². The van der Waals surface area contributed by atoms with Crippen molar-refractivity contribution in [3.05, 3.63) is 137 Å². The molecule has 2 heterocycles. The van der Waals surface area contributed by atoms with E-state index in [1.165, 1.54) is 11.3 Å². The van der Waals surface area contributed by atoms with Gasteiger partial charge in [-0.1, -0.05) is 78.9 Å². The molecule has 6 heteroatoms. The molecular formula is C31H23N3O2S. The maximum atomic E-state index is 13.9. The summed E-state index contributed by atoms with van der Waals surface area (Å²) in [5.41, 5.74) is 5.35. The van der Waals surface area contributed by atoms with E-state index in [9.17, 15) is 9.59 Å². The van der Waals surface area contributed by atoms with Gasteiger partial charge in [0.05, 0.1) is 5.69 Å². The number of ketones is 1. The molecule has 1 atom stereocenters. The lowest BCUT2D eigenvalue weighted by molar-refractivity contribution is -0.120. The van der Waals surface area contributed by atoms with Crippen LogP contribution in [0.25, 0.3) is 11.1 Å². The van der Waals surface area contributed by atoms with Crippen LogP contribution in [-0.4, -0.2) is 21.7 Å². The number of nitrogens with one attached hydrogen (secondary N) is 1. The summed E-state index contributed by atoms with van der Waals surface area (Å²) >= 11 is 1.40. The fourth-order valence-electron chi connectivity index (χ4n) is 5.06. The van der Waals surface area contributed by atoms with E-state index in [0.29, 0.717) is 17.1 Å². The first-order chi connectivity index (χ1) is 18.1. The second-order valence-electron chi connectivity index (χ2n) is 9.12. The molecule has 180 valence electrons. The minimum Gasteiger partial charge on any atom is -0.301 e. The van der Waals surface area contributed by atoms with Crippen LogP contribution in [0.4, 0.5) is 5.13 Å². The number of hydrogen-bond acceptors (Lipinski definition) is 5. The van der Waals surface area contributed by atoms with Gasteiger partial charge in [0.15, 0.2) is 10.9 Å². The zero-order chi connectivity index (χ0) is 25.2. The first-order valence-corrected chi connectivity index (χ1v) is 12.9. The third-order valence-electron chi connectivity index (χ3n) is 6.89. The van der Waals surface area contributed by atoms with E-state index < -0.39 is 5.41 Å². The molecule has 3 aromatic carbocycles. The van der Waals surface area contributed by atoms with Crippen molar-refractivity contribution in [2.45, 2.75) is 18.3 Å². The van der Waals surface area contributed by atoms with Crippen molar-refractivity contribution in [2.24, 2.45) is 0 Å². The quantitative estimate of drug-likeness (QED) is 0.296. The number of pyridine rings is 1. The lowest BCUT2D eigenvalue weighted by atomic mass is 9.74. The van der Waals surface area contributed by atoms with Gasteiger partial charge in [-0.25, -0.2) is 4.98 Å². The summed E-state index contributed by atoms with van der Waals surface area (Å²) in [5, 5.41) is 5.53. The predicted molar refractivity (Wildman–Crippen MR) is 146 cm³/mol. The van der Waals surface area contributed by atoms with Crippen LogP contribution >= 0.6 is 11.3 Å². The van der Waals surface area contributed by atoms with Crippen molar-refractivity contribution < 1.29 is 9.59 Å². The van der Waals surface area contributed by atoms with Crippen molar-refractivity contribution in [3.63, 3.8) is 0 Å². The van der Waals surface area contributed by atoms with E-state index in [1.807, 2.05) is 66.0 Å². The predicted octanol–water partition coefficient (Wildman–Crippen LogP) is 6.31. The highest BCUT2D eigenvalue weighted by atomic mass is 32.1. The van der Waals surface area contributed by atoms with Crippen molar-refractivity contribution in [3.8, 4) is 11.1 Å². The first-order valence-electron chi connectivity index (χ1n) is 12.1. The molecule has 6 rings (SSSR count). The van der Waals surface area contributed by atoms with Crippen molar-refractivity contribution in [1.29, 1.82) is 0 Å². The summed E-state index contributed by atoms with van der Waals surface area (Å²) in [4.78, 5) is 35.6. The monoisotopic (exact) mass is 501 g/mol. The average molecular weight is 502 g/mol. The number of fused-ring (bicyclic) bond motifs is 1. The molecule has 1 N–H and O–H groups in total. The minimum atomic E-state index is -1.08. The van der Waals surface area contributed by atoms with Gasteiger partial charge in [-0.3, -0.25) is 14.6 Å². The van der Waals surface area contributed by atoms with Crippen LogP contribution < -0.4 is 5.32 Å². The summed E-state index contributed by atoms with van der Waals surface area (Å²) in [6, 6.07) is 29.3. The SMILES string of the molecule is O=C1CC(C(=O)Nc2nc(Cc3ccc(-c4ccncc4)cc3)cs2)(c2ccccc2)c2ccccc21. The molecule has 5 nitrogen and oxygen atoms in total. The molecule has 0 spiro atoms. The highest BCUT2D eigenvalue weighted by Gasteiger charge is 2.50. The second kappa shape index (κ2) is 9.56. The van der Waals surface area contributed by atoms with Crippen LogP contribution in [0, 0.1) is 0 Å². The zero-order valence-corrected chi connectivity index (χ0v) is 20.7. The molecule has 0 saturated heterocycles. The van der Waals surface area contributed by atoms with Crippen LogP contribution in [-0.2, 0) is 16.6 Å². The third kappa shape index (κ3) is 4.26. The summed E-state index contributed by atoms with van der Waals surface area (Å²) in [7, 11) is 0. The Balaban J connectivity index is 1.24. The number of thiazole rings is 1. The minimum absolute atomic E-state index is 0.0235. The van der Waals surface area contributed by atoms with E-state index in [1.54, 1.807) is 18.5 Å². The number of benzene rings is 3. The molecule has 1 aliphatic carbocycles. The van der Waals surface area contributed by atoms with Gasteiger partial charge in [0, 0.05) is 36.2 Å². The van der Waals surface area contributed by atoms with Gasteiger partial charge in [-0.05, 0) is 39.9 Å². The second-order valence-corrected chi connectivity index (χ2v) is 9.98. The number of nitrogens with zero attached hydrogens (tertiary/aromatic N) is 2. The Labute approximate surface area is 218 Å². The Morgan fingerprint density at radius 3 is 2.35 bits per heavy atom. The van der Waals surface area contributed by atoms with E-state index in [0.717, 1.165) is 33.5 Å². The van der Waals surface area contributed by atoms with Crippen LogP contribution in [0.5, 0.6) is 0 Å². The molecule has 0 bridgehead atoms. The van der Waals surface area contributed by atoms with Gasteiger partial charge in [-0.2, -0.15) is 0 Å². The van der Waals surface area contributed by atoms with Crippen LogP contribution in [0.15, 0.2) is 109 Å². The maximum Gasteiger partial charge on any atom is 0.241 e. The van der Waals surface area contributed by atoms with Crippen molar-refractivity contribution in [2.75, 3.05) is 5.32 Å². The van der Waals surface area contributed by atoms with Gasteiger partial charge < -0.3 is 5.32 Å². The van der Waals surface area contributed by atoms with E-state index in [2.05, 4.69) is 34.6 Å². The van der Waals surface area contributed by atoms with E-state index in [-0.39, 0.29) is 18.1 Å². The number of Topliss-reactive ketones (excluding diaryl/α,β-unsaturated/α-hetero) is 1. The molecule has 0 radical (unpaired) electrons. The summed E-state index contributed by atoms with van der Waals surface area (Å²) in [5.74, 6) is -0.260.